The zero-order chi connectivity index (χ0) is 15.1. The highest BCUT2D eigenvalue weighted by Gasteiger charge is 2.15. The largest absolute Gasteiger partial charge is 0.493 e. The predicted molar refractivity (Wildman–Crippen MR) is 78.8 cm³/mol. The highest BCUT2D eigenvalue weighted by atomic mass is 16.5. The van der Waals surface area contributed by atoms with Crippen molar-refractivity contribution in [2.45, 2.75) is 25.5 Å². The van der Waals surface area contributed by atoms with Crippen LogP contribution in [0, 0.1) is 0 Å². The van der Waals surface area contributed by atoms with E-state index in [1.54, 1.807) is 14.2 Å². The molecule has 116 valence electrons. The molecule has 1 aromatic rings. The number of amides is 2. The van der Waals surface area contributed by atoms with Crippen LogP contribution in [-0.2, 0) is 11.3 Å². The van der Waals surface area contributed by atoms with E-state index in [2.05, 4.69) is 10.6 Å². The molecule has 0 bridgehead atoms. The van der Waals surface area contributed by atoms with Crippen LogP contribution in [-0.4, -0.2) is 39.5 Å². The van der Waals surface area contributed by atoms with Gasteiger partial charge in [-0.2, -0.15) is 0 Å². The number of ether oxygens (including phenoxy) is 3. The highest BCUT2D eigenvalue weighted by molar-refractivity contribution is 5.73. The van der Waals surface area contributed by atoms with Crippen LogP contribution in [0.5, 0.6) is 11.5 Å². The third-order valence-corrected chi connectivity index (χ3v) is 3.42. The van der Waals surface area contributed by atoms with Crippen LogP contribution in [0.2, 0.25) is 0 Å². The van der Waals surface area contributed by atoms with Crippen LogP contribution in [0.15, 0.2) is 18.2 Å². The van der Waals surface area contributed by atoms with Gasteiger partial charge in [-0.3, -0.25) is 0 Å². The molecule has 0 aliphatic carbocycles. The zero-order valence-corrected chi connectivity index (χ0v) is 12.5. The summed E-state index contributed by atoms with van der Waals surface area (Å²) in [4.78, 5) is 11.7. The molecule has 0 radical (unpaired) electrons. The summed E-state index contributed by atoms with van der Waals surface area (Å²) in [5.74, 6) is 1.32. The fraction of sp³-hybridized carbons (Fsp3) is 0.533. The molecule has 1 aliphatic heterocycles. The van der Waals surface area contributed by atoms with Crippen molar-refractivity contribution in [3.63, 3.8) is 0 Å². The molecule has 0 spiro atoms. The maximum atomic E-state index is 11.7. The Morgan fingerprint density at radius 2 is 2.10 bits per heavy atom. The SMILES string of the molecule is COc1ccc(CNC(=O)NCC2CCCO2)cc1OC. The first-order chi connectivity index (χ1) is 10.2. The van der Waals surface area contributed by atoms with Crippen molar-refractivity contribution in [3.05, 3.63) is 23.8 Å². The Morgan fingerprint density at radius 1 is 1.29 bits per heavy atom. The fourth-order valence-corrected chi connectivity index (χ4v) is 2.25. The average molecular weight is 294 g/mol. The van der Waals surface area contributed by atoms with E-state index in [-0.39, 0.29) is 12.1 Å². The molecule has 0 saturated carbocycles. The van der Waals surface area contributed by atoms with Crippen LogP contribution in [0.3, 0.4) is 0 Å². The number of carbonyl (C=O) groups excluding carboxylic acids is 1. The predicted octanol–water partition coefficient (Wildman–Crippen LogP) is 1.68. The van der Waals surface area contributed by atoms with E-state index in [1.807, 2.05) is 18.2 Å². The average Bonchev–Trinajstić information content (AvgIpc) is 3.04. The minimum Gasteiger partial charge on any atom is -0.493 e. The molecule has 2 N–H and O–H groups in total. The zero-order valence-electron chi connectivity index (χ0n) is 12.5. The standard InChI is InChI=1S/C15H22N2O4/c1-19-13-6-5-11(8-14(13)20-2)9-16-15(18)17-10-12-4-3-7-21-12/h5-6,8,12H,3-4,7,9-10H2,1-2H3,(H2,16,17,18). The summed E-state index contributed by atoms with van der Waals surface area (Å²) >= 11 is 0. The number of hydrogen-bond acceptors (Lipinski definition) is 4. The van der Waals surface area contributed by atoms with Crippen LogP contribution >= 0.6 is 0 Å². The van der Waals surface area contributed by atoms with E-state index in [0.29, 0.717) is 24.6 Å². The molecule has 6 nitrogen and oxygen atoms in total. The molecule has 1 aromatic carbocycles. The molecule has 1 unspecified atom stereocenters. The molecule has 2 rings (SSSR count). The van der Waals surface area contributed by atoms with Crippen LogP contribution in [0.4, 0.5) is 4.79 Å². The van der Waals surface area contributed by atoms with Crippen LogP contribution < -0.4 is 20.1 Å². The Labute approximate surface area is 124 Å². The first-order valence-electron chi connectivity index (χ1n) is 7.07. The van der Waals surface area contributed by atoms with Gasteiger partial charge in [0.2, 0.25) is 0 Å². The van der Waals surface area contributed by atoms with Crippen molar-refractivity contribution >= 4 is 6.03 Å². The summed E-state index contributed by atoms with van der Waals surface area (Å²) < 4.78 is 15.9. The molecule has 1 saturated heterocycles. The highest BCUT2D eigenvalue weighted by Crippen LogP contribution is 2.27. The van der Waals surface area contributed by atoms with Gasteiger partial charge in [0.25, 0.3) is 0 Å². The minimum absolute atomic E-state index is 0.150. The van der Waals surface area contributed by atoms with Gasteiger partial charge in [0.05, 0.1) is 20.3 Å². The molecule has 1 heterocycles. The topological polar surface area (TPSA) is 68.8 Å². The van der Waals surface area contributed by atoms with E-state index >= 15 is 0 Å². The maximum absolute atomic E-state index is 11.7. The van der Waals surface area contributed by atoms with Crippen molar-refractivity contribution in [2.75, 3.05) is 27.4 Å². The van der Waals surface area contributed by atoms with Gasteiger partial charge in [0, 0.05) is 19.7 Å². The Bertz CT molecular complexity index is 473. The molecule has 1 atom stereocenters. The Morgan fingerprint density at radius 3 is 2.76 bits per heavy atom. The van der Waals surface area contributed by atoms with Crippen molar-refractivity contribution in [1.82, 2.24) is 10.6 Å². The molecule has 1 fully saturated rings. The normalized spacial score (nSPS) is 17.3. The van der Waals surface area contributed by atoms with Crippen LogP contribution in [0.1, 0.15) is 18.4 Å². The summed E-state index contributed by atoms with van der Waals surface area (Å²) in [6.07, 6.45) is 2.23. The lowest BCUT2D eigenvalue weighted by Gasteiger charge is -2.13. The van der Waals surface area contributed by atoms with E-state index in [1.165, 1.54) is 0 Å². The smallest absolute Gasteiger partial charge is 0.315 e. The van der Waals surface area contributed by atoms with Gasteiger partial charge in [-0.15, -0.1) is 0 Å². The van der Waals surface area contributed by atoms with Gasteiger partial charge in [0.15, 0.2) is 11.5 Å². The van der Waals surface area contributed by atoms with Crippen molar-refractivity contribution in [3.8, 4) is 11.5 Å². The van der Waals surface area contributed by atoms with Gasteiger partial charge in [-0.1, -0.05) is 6.07 Å². The number of urea groups is 1. The maximum Gasteiger partial charge on any atom is 0.315 e. The molecule has 21 heavy (non-hydrogen) atoms. The monoisotopic (exact) mass is 294 g/mol. The molecule has 1 aliphatic rings. The summed E-state index contributed by atoms with van der Waals surface area (Å²) in [6.45, 7) is 1.77. The van der Waals surface area contributed by atoms with Gasteiger partial charge >= 0.3 is 6.03 Å². The lowest BCUT2D eigenvalue weighted by atomic mass is 10.2. The second-order valence-electron chi connectivity index (χ2n) is 4.89. The number of carbonyl (C=O) groups is 1. The summed E-state index contributed by atoms with van der Waals surface area (Å²) in [6, 6.07) is 5.36. The van der Waals surface area contributed by atoms with Gasteiger partial charge in [-0.25, -0.2) is 4.79 Å². The van der Waals surface area contributed by atoms with Crippen molar-refractivity contribution < 1.29 is 19.0 Å². The number of benzene rings is 1. The van der Waals surface area contributed by atoms with E-state index in [9.17, 15) is 4.79 Å². The Balaban J connectivity index is 1.77. The van der Waals surface area contributed by atoms with E-state index in [4.69, 9.17) is 14.2 Å². The van der Waals surface area contributed by atoms with Gasteiger partial charge in [-0.05, 0) is 30.5 Å². The molecule has 6 heteroatoms. The number of hydrogen-bond donors (Lipinski definition) is 2. The first kappa shape index (κ1) is 15.4. The Hall–Kier alpha value is -1.95. The number of nitrogens with one attached hydrogen (secondary N) is 2. The lowest BCUT2D eigenvalue weighted by molar-refractivity contribution is 0.111. The third-order valence-electron chi connectivity index (χ3n) is 3.42. The molecule has 2 amide bonds. The van der Waals surface area contributed by atoms with E-state index < -0.39 is 0 Å². The number of rotatable bonds is 6. The Kier molecular flexibility index (Phi) is 5.68. The molecular weight excluding hydrogens is 272 g/mol. The second-order valence-corrected chi connectivity index (χ2v) is 4.89. The van der Waals surface area contributed by atoms with Crippen molar-refractivity contribution in [1.29, 1.82) is 0 Å². The molecular formula is C15H22N2O4. The lowest BCUT2D eigenvalue weighted by Crippen LogP contribution is -2.39. The van der Waals surface area contributed by atoms with Crippen LogP contribution in [0.25, 0.3) is 0 Å². The van der Waals surface area contributed by atoms with Crippen molar-refractivity contribution in [2.24, 2.45) is 0 Å². The fourth-order valence-electron chi connectivity index (χ4n) is 2.25. The first-order valence-corrected chi connectivity index (χ1v) is 7.07. The molecule has 0 aromatic heterocycles. The quantitative estimate of drug-likeness (QED) is 0.837. The number of methoxy groups -OCH3 is 2. The summed E-state index contributed by atoms with van der Waals surface area (Å²) in [5.41, 5.74) is 0.944. The second kappa shape index (κ2) is 7.73. The van der Waals surface area contributed by atoms with Gasteiger partial charge < -0.3 is 24.8 Å². The van der Waals surface area contributed by atoms with Gasteiger partial charge in [0.1, 0.15) is 0 Å². The third kappa shape index (κ3) is 4.53. The minimum atomic E-state index is -0.194. The summed E-state index contributed by atoms with van der Waals surface area (Å²) in [7, 11) is 3.18. The van der Waals surface area contributed by atoms with E-state index in [0.717, 1.165) is 25.0 Å². The summed E-state index contributed by atoms with van der Waals surface area (Å²) in [5, 5.41) is 5.62.